The van der Waals surface area contributed by atoms with Crippen LogP contribution < -0.4 is 16.0 Å². The van der Waals surface area contributed by atoms with Gasteiger partial charge in [0.2, 0.25) is 11.8 Å². The molecule has 4 aliphatic rings. The van der Waals surface area contributed by atoms with E-state index >= 15 is 0 Å². The Morgan fingerprint density at radius 3 is 2.68 bits per heavy atom. The smallest absolute Gasteiger partial charge is 0.255 e. The summed E-state index contributed by atoms with van der Waals surface area (Å²) in [6.45, 7) is 3.52. The highest BCUT2D eigenvalue weighted by Gasteiger charge is 2.44. The fraction of sp³-hybridized carbons (Fsp3) is 0.571. The highest BCUT2D eigenvalue weighted by atomic mass is 16.2. The molecule has 3 fully saturated rings. The maximum absolute atomic E-state index is 12.8. The molecule has 28 heavy (non-hydrogen) atoms. The zero-order chi connectivity index (χ0) is 19.3. The molecule has 1 atom stereocenters. The molecule has 1 aliphatic carbocycles. The maximum atomic E-state index is 12.8. The monoisotopic (exact) mass is 382 g/mol. The molecule has 3 amide bonds. The van der Waals surface area contributed by atoms with Crippen LogP contribution in [0.3, 0.4) is 0 Å². The number of benzene rings is 1. The lowest BCUT2D eigenvalue weighted by Crippen LogP contribution is -2.52. The molecule has 0 aromatic heterocycles. The Hall–Kier alpha value is -2.25. The summed E-state index contributed by atoms with van der Waals surface area (Å²) in [6.07, 6.45) is 4.42. The van der Waals surface area contributed by atoms with Crippen molar-refractivity contribution < 1.29 is 14.4 Å². The third-order valence-electron chi connectivity index (χ3n) is 6.65. The lowest BCUT2D eigenvalue weighted by molar-refractivity contribution is -0.136. The molecule has 5 rings (SSSR count). The number of carbonyl (C=O) groups excluding carboxylic acids is 3. The number of hydrogen-bond acceptors (Lipinski definition) is 5. The van der Waals surface area contributed by atoms with E-state index in [4.69, 9.17) is 0 Å². The van der Waals surface area contributed by atoms with Crippen LogP contribution in [-0.2, 0) is 22.7 Å². The summed E-state index contributed by atoms with van der Waals surface area (Å²) in [5.74, 6) is 0.0702. The predicted molar refractivity (Wildman–Crippen MR) is 102 cm³/mol. The molecule has 0 spiro atoms. The van der Waals surface area contributed by atoms with Gasteiger partial charge in [-0.1, -0.05) is 12.1 Å². The molecule has 1 aromatic rings. The number of rotatable bonds is 6. The Balaban J connectivity index is 1.24. The van der Waals surface area contributed by atoms with E-state index in [0.29, 0.717) is 24.1 Å². The summed E-state index contributed by atoms with van der Waals surface area (Å²) in [4.78, 5) is 37.9. The first-order valence-corrected chi connectivity index (χ1v) is 10.3. The first-order chi connectivity index (χ1) is 13.5. The number of fused-ring (bicyclic) bond motifs is 1. The average molecular weight is 382 g/mol. The van der Waals surface area contributed by atoms with Crippen LogP contribution in [0.1, 0.15) is 53.6 Å². The summed E-state index contributed by atoms with van der Waals surface area (Å²) in [5.41, 5.74) is 3.13. The quantitative estimate of drug-likeness (QED) is 0.630. The minimum Gasteiger partial charge on any atom is -0.322 e. The van der Waals surface area contributed by atoms with E-state index in [9.17, 15) is 14.4 Å². The number of carbonyl (C=O) groups is 3. The van der Waals surface area contributed by atoms with E-state index in [1.165, 1.54) is 24.8 Å². The van der Waals surface area contributed by atoms with Crippen molar-refractivity contribution >= 4 is 17.7 Å². The van der Waals surface area contributed by atoms with Gasteiger partial charge in [0.15, 0.2) is 0 Å². The summed E-state index contributed by atoms with van der Waals surface area (Å²) in [7, 11) is 0. The lowest BCUT2D eigenvalue weighted by Gasteiger charge is -2.31. The van der Waals surface area contributed by atoms with Crippen molar-refractivity contribution in [2.75, 3.05) is 13.1 Å². The second-order valence-corrected chi connectivity index (χ2v) is 8.75. The standard InChI is InChI=1S/C21H26N4O3/c26-18-4-3-17(19(27)24-18)25-12-15-7-13(1-2-16(15)20(25)28)11-23-21(5-6-21)8-14-9-22-10-14/h1-2,7,14,17,22-23H,3-6,8-12H2,(H,24,26,27). The Kier molecular flexibility index (Phi) is 4.25. The molecular weight excluding hydrogens is 356 g/mol. The van der Waals surface area contributed by atoms with Crippen LogP contribution in [0.15, 0.2) is 18.2 Å². The third kappa shape index (κ3) is 3.22. The molecule has 7 nitrogen and oxygen atoms in total. The number of imide groups is 1. The van der Waals surface area contributed by atoms with Crippen LogP contribution in [0.5, 0.6) is 0 Å². The van der Waals surface area contributed by atoms with E-state index in [1.54, 1.807) is 4.90 Å². The summed E-state index contributed by atoms with van der Waals surface area (Å²) in [5, 5.41) is 9.44. The summed E-state index contributed by atoms with van der Waals surface area (Å²) in [6, 6.07) is 5.44. The molecule has 1 saturated carbocycles. The molecule has 148 valence electrons. The van der Waals surface area contributed by atoms with Gasteiger partial charge in [-0.2, -0.15) is 0 Å². The van der Waals surface area contributed by atoms with E-state index in [0.717, 1.165) is 31.1 Å². The Morgan fingerprint density at radius 1 is 1.18 bits per heavy atom. The van der Waals surface area contributed by atoms with E-state index in [-0.39, 0.29) is 24.1 Å². The Labute approximate surface area is 164 Å². The maximum Gasteiger partial charge on any atom is 0.255 e. The van der Waals surface area contributed by atoms with E-state index in [2.05, 4.69) is 22.0 Å². The lowest BCUT2D eigenvalue weighted by atomic mass is 9.93. The molecular formula is C21H26N4O3. The number of piperidine rings is 1. The van der Waals surface area contributed by atoms with Crippen molar-refractivity contribution in [1.82, 2.24) is 20.9 Å². The van der Waals surface area contributed by atoms with Gasteiger partial charge in [0.1, 0.15) is 6.04 Å². The first-order valence-electron chi connectivity index (χ1n) is 10.3. The van der Waals surface area contributed by atoms with Gasteiger partial charge in [-0.15, -0.1) is 0 Å². The molecule has 0 bridgehead atoms. The van der Waals surface area contributed by atoms with Gasteiger partial charge >= 0.3 is 0 Å². The van der Waals surface area contributed by atoms with Gasteiger partial charge in [-0.05, 0) is 61.9 Å². The van der Waals surface area contributed by atoms with Gasteiger partial charge in [-0.3, -0.25) is 19.7 Å². The molecule has 3 heterocycles. The number of amides is 3. The highest BCUT2D eigenvalue weighted by Crippen LogP contribution is 2.42. The van der Waals surface area contributed by atoms with Crippen molar-refractivity contribution in [3.63, 3.8) is 0 Å². The van der Waals surface area contributed by atoms with Crippen molar-refractivity contribution in [2.24, 2.45) is 5.92 Å². The van der Waals surface area contributed by atoms with Crippen molar-refractivity contribution in [2.45, 2.75) is 56.8 Å². The van der Waals surface area contributed by atoms with Crippen molar-refractivity contribution in [3.05, 3.63) is 34.9 Å². The van der Waals surface area contributed by atoms with Crippen LogP contribution in [0.2, 0.25) is 0 Å². The second-order valence-electron chi connectivity index (χ2n) is 8.75. The minimum absolute atomic E-state index is 0.111. The minimum atomic E-state index is -0.551. The fourth-order valence-corrected chi connectivity index (χ4v) is 4.68. The van der Waals surface area contributed by atoms with Crippen LogP contribution in [0.4, 0.5) is 0 Å². The van der Waals surface area contributed by atoms with Gasteiger partial charge in [0.05, 0.1) is 0 Å². The van der Waals surface area contributed by atoms with Crippen LogP contribution in [0.25, 0.3) is 0 Å². The van der Waals surface area contributed by atoms with Gasteiger partial charge < -0.3 is 15.5 Å². The zero-order valence-electron chi connectivity index (χ0n) is 15.9. The van der Waals surface area contributed by atoms with Crippen LogP contribution in [0, 0.1) is 5.92 Å². The van der Waals surface area contributed by atoms with E-state index < -0.39 is 6.04 Å². The third-order valence-corrected chi connectivity index (χ3v) is 6.65. The summed E-state index contributed by atoms with van der Waals surface area (Å²) >= 11 is 0. The van der Waals surface area contributed by atoms with Gasteiger partial charge in [0.25, 0.3) is 5.91 Å². The number of nitrogens with one attached hydrogen (secondary N) is 3. The molecule has 3 aliphatic heterocycles. The van der Waals surface area contributed by atoms with E-state index in [1.807, 2.05) is 12.1 Å². The van der Waals surface area contributed by atoms with Crippen LogP contribution in [-0.4, -0.2) is 47.3 Å². The number of hydrogen-bond donors (Lipinski definition) is 3. The van der Waals surface area contributed by atoms with Gasteiger partial charge in [0, 0.05) is 30.6 Å². The molecule has 1 unspecified atom stereocenters. The Morgan fingerprint density at radius 2 is 2.00 bits per heavy atom. The molecule has 1 aromatic carbocycles. The molecule has 0 radical (unpaired) electrons. The zero-order valence-corrected chi connectivity index (χ0v) is 15.9. The van der Waals surface area contributed by atoms with Crippen LogP contribution >= 0.6 is 0 Å². The fourth-order valence-electron chi connectivity index (χ4n) is 4.68. The predicted octanol–water partition coefficient (Wildman–Crippen LogP) is 0.679. The van der Waals surface area contributed by atoms with Crippen molar-refractivity contribution in [3.8, 4) is 0 Å². The normalized spacial score (nSPS) is 26.1. The highest BCUT2D eigenvalue weighted by molar-refractivity contribution is 6.05. The SMILES string of the molecule is O=C1CCC(N2Cc3cc(CNC4(CC5CNC5)CC4)ccc3C2=O)C(=O)N1. The average Bonchev–Trinajstić information content (AvgIpc) is 3.34. The summed E-state index contributed by atoms with van der Waals surface area (Å²) < 4.78 is 0. The topological polar surface area (TPSA) is 90.5 Å². The molecule has 3 N–H and O–H groups in total. The molecule has 2 saturated heterocycles. The number of nitrogens with zero attached hydrogens (tertiary/aromatic N) is 1. The Bertz CT molecular complexity index is 844. The molecule has 7 heteroatoms. The van der Waals surface area contributed by atoms with Gasteiger partial charge in [-0.25, -0.2) is 0 Å². The second kappa shape index (κ2) is 6.67. The first kappa shape index (κ1) is 17.8. The largest absolute Gasteiger partial charge is 0.322 e. The van der Waals surface area contributed by atoms with Crippen molar-refractivity contribution in [1.29, 1.82) is 0 Å².